The van der Waals surface area contributed by atoms with Gasteiger partial charge in [-0.1, -0.05) is 84.4 Å². The highest BCUT2D eigenvalue weighted by molar-refractivity contribution is 8.00. The standard InChI is InChI=1S/C30H22ClNO2S/c31-23-13-15-24(16-14-23)32-28(33)19-35-30(32)29-26-11-4-2-7-21(26)12-17-27(29)34-18-22-9-5-8-20-6-1-3-10-25(20)22/h1-17,30H,18-19H2/t30-/m0/s1. The summed E-state index contributed by atoms with van der Waals surface area (Å²) in [6.45, 7) is 0.443. The van der Waals surface area contributed by atoms with Crippen LogP contribution in [0.25, 0.3) is 21.5 Å². The summed E-state index contributed by atoms with van der Waals surface area (Å²) >= 11 is 7.75. The second-order valence-electron chi connectivity index (χ2n) is 8.53. The number of carbonyl (C=O) groups is 1. The highest BCUT2D eigenvalue weighted by Gasteiger charge is 2.36. The smallest absolute Gasteiger partial charge is 0.238 e. The summed E-state index contributed by atoms with van der Waals surface area (Å²) in [5.41, 5.74) is 2.99. The van der Waals surface area contributed by atoms with Crippen LogP contribution in [0.4, 0.5) is 5.69 Å². The molecule has 1 fully saturated rings. The third-order valence-corrected chi connectivity index (χ3v) is 7.84. The van der Waals surface area contributed by atoms with E-state index in [0.717, 1.165) is 33.3 Å². The molecule has 3 nitrogen and oxygen atoms in total. The lowest BCUT2D eigenvalue weighted by Gasteiger charge is -2.27. The van der Waals surface area contributed by atoms with Crippen molar-refractivity contribution in [3.05, 3.63) is 119 Å². The van der Waals surface area contributed by atoms with E-state index in [4.69, 9.17) is 16.3 Å². The maximum atomic E-state index is 13.0. The van der Waals surface area contributed by atoms with Crippen molar-refractivity contribution in [3.8, 4) is 5.75 Å². The first-order valence-corrected chi connectivity index (χ1v) is 12.9. The normalized spacial score (nSPS) is 15.7. The highest BCUT2D eigenvalue weighted by Crippen LogP contribution is 2.47. The lowest BCUT2D eigenvalue weighted by Crippen LogP contribution is -2.28. The van der Waals surface area contributed by atoms with Crippen LogP contribution in [0.5, 0.6) is 5.75 Å². The number of carbonyl (C=O) groups excluding carboxylic acids is 1. The molecule has 1 aliphatic rings. The molecule has 35 heavy (non-hydrogen) atoms. The molecule has 1 amide bonds. The Kier molecular flexibility index (Phi) is 5.85. The molecule has 5 aromatic carbocycles. The van der Waals surface area contributed by atoms with Gasteiger partial charge < -0.3 is 4.74 Å². The molecule has 0 radical (unpaired) electrons. The molecule has 1 atom stereocenters. The fourth-order valence-corrected chi connectivity index (χ4v) is 6.11. The monoisotopic (exact) mass is 495 g/mol. The number of thioether (sulfide) groups is 1. The van der Waals surface area contributed by atoms with Gasteiger partial charge in [0.05, 0.1) is 5.75 Å². The molecule has 0 N–H and O–H groups in total. The number of halogens is 1. The maximum Gasteiger partial charge on any atom is 0.238 e. The van der Waals surface area contributed by atoms with Crippen molar-refractivity contribution in [2.24, 2.45) is 0 Å². The van der Waals surface area contributed by atoms with Crippen LogP contribution in [-0.4, -0.2) is 11.7 Å². The minimum Gasteiger partial charge on any atom is -0.488 e. The minimum atomic E-state index is -0.197. The van der Waals surface area contributed by atoms with Crippen molar-refractivity contribution < 1.29 is 9.53 Å². The Morgan fingerprint density at radius 1 is 0.800 bits per heavy atom. The van der Waals surface area contributed by atoms with Crippen molar-refractivity contribution >= 4 is 56.5 Å². The van der Waals surface area contributed by atoms with E-state index in [-0.39, 0.29) is 11.3 Å². The van der Waals surface area contributed by atoms with Gasteiger partial charge in [0.15, 0.2) is 0 Å². The predicted octanol–water partition coefficient (Wildman–Crippen LogP) is 8.00. The molecule has 0 bridgehead atoms. The number of amides is 1. The molecule has 1 aliphatic heterocycles. The first-order valence-electron chi connectivity index (χ1n) is 11.5. The number of hydrogen-bond donors (Lipinski definition) is 0. The van der Waals surface area contributed by atoms with Crippen LogP contribution in [0.15, 0.2) is 103 Å². The molecule has 0 aromatic heterocycles. The second-order valence-corrected chi connectivity index (χ2v) is 10.0. The summed E-state index contributed by atoms with van der Waals surface area (Å²) in [6.07, 6.45) is 0. The zero-order valence-electron chi connectivity index (χ0n) is 18.9. The van der Waals surface area contributed by atoms with Crippen molar-refractivity contribution in [3.63, 3.8) is 0 Å². The van der Waals surface area contributed by atoms with Gasteiger partial charge in [-0.3, -0.25) is 9.69 Å². The van der Waals surface area contributed by atoms with Crippen LogP contribution in [0.2, 0.25) is 5.02 Å². The molecule has 0 unspecified atom stereocenters. The Bertz CT molecular complexity index is 1540. The Morgan fingerprint density at radius 2 is 1.49 bits per heavy atom. The van der Waals surface area contributed by atoms with Crippen LogP contribution in [0.3, 0.4) is 0 Å². The lowest BCUT2D eigenvalue weighted by molar-refractivity contribution is -0.115. The third kappa shape index (κ3) is 4.13. The largest absolute Gasteiger partial charge is 0.488 e. The third-order valence-electron chi connectivity index (χ3n) is 6.41. The van der Waals surface area contributed by atoms with E-state index in [9.17, 15) is 4.79 Å². The van der Waals surface area contributed by atoms with E-state index in [2.05, 4.69) is 54.6 Å². The van der Waals surface area contributed by atoms with Gasteiger partial charge in [-0.15, -0.1) is 11.8 Å². The van der Waals surface area contributed by atoms with Gasteiger partial charge in [-0.05, 0) is 57.4 Å². The van der Waals surface area contributed by atoms with E-state index in [1.165, 1.54) is 10.8 Å². The van der Waals surface area contributed by atoms with E-state index < -0.39 is 0 Å². The van der Waals surface area contributed by atoms with Gasteiger partial charge in [0, 0.05) is 16.3 Å². The second kappa shape index (κ2) is 9.29. The van der Waals surface area contributed by atoms with Crippen LogP contribution in [0, 0.1) is 0 Å². The number of hydrogen-bond acceptors (Lipinski definition) is 3. The fraction of sp³-hybridized carbons (Fsp3) is 0.100. The van der Waals surface area contributed by atoms with Crippen molar-refractivity contribution in [1.82, 2.24) is 0 Å². The zero-order chi connectivity index (χ0) is 23.8. The van der Waals surface area contributed by atoms with Crippen LogP contribution >= 0.6 is 23.4 Å². The van der Waals surface area contributed by atoms with Gasteiger partial charge in [0.1, 0.15) is 17.7 Å². The highest BCUT2D eigenvalue weighted by atomic mass is 35.5. The van der Waals surface area contributed by atoms with Gasteiger partial charge in [0.25, 0.3) is 0 Å². The van der Waals surface area contributed by atoms with Crippen molar-refractivity contribution in [2.45, 2.75) is 12.0 Å². The molecular formula is C30H22ClNO2S. The topological polar surface area (TPSA) is 29.5 Å². The summed E-state index contributed by atoms with van der Waals surface area (Å²) in [7, 11) is 0. The van der Waals surface area contributed by atoms with Crippen LogP contribution < -0.4 is 9.64 Å². The Morgan fingerprint density at radius 3 is 2.29 bits per heavy atom. The van der Waals surface area contributed by atoms with Crippen LogP contribution in [-0.2, 0) is 11.4 Å². The van der Waals surface area contributed by atoms with E-state index in [1.807, 2.05) is 53.4 Å². The first-order chi connectivity index (χ1) is 17.2. The molecule has 0 spiro atoms. The summed E-state index contributed by atoms with van der Waals surface area (Å²) in [5.74, 6) is 1.29. The number of ether oxygens (including phenoxy) is 1. The molecule has 0 saturated carbocycles. The van der Waals surface area contributed by atoms with Crippen molar-refractivity contribution in [2.75, 3.05) is 10.7 Å². The Hall–Kier alpha value is -3.47. The molecule has 1 heterocycles. The Balaban J connectivity index is 1.43. The van der Waals surface area contributed by atoms with E-state index in [1.54, 1.807) is 11.8 Å². The Labute approximate surface area is 213 Å². The average molecular weight is 496 g/mol. The quantitative estimate of drug-likeness (QED) is 0.247. The fourth-order valence-electron chi connectivity index (χ4n) is 4.75. The number of fused-ring (bicyclic) bond motifs is 2. The molecule has 172 valence electrons. The summed E-state index contributed by atoms with van der Waals surface area (Å²) < 4.78 is 6.52. The summed E-state index contributed by atoms with van der Waals surface area (Å²) in [6, 6.07) is 34.5. The number of rotatable bonds is 5. The van der Waals surface area contributed by atoms with E-state index in [0.29, 0.717) is 17.4 Å². The maximum absolute atomic E-state index is 13.0. The molecular weight excluding hydrogens is 474 g/mol. The molecule has 6 rings (SSSR count). The molecule has 0 aliphatic carbocycles. The van der Waals surface area contributed by atoms with Crippen molar-refractivity contribution in [1.29, 1.82) is 0 Å². The molecule has 5 aromatic rings. The zero-order valence-corrected chi connectivity index (χ0v) is 20.4. The van der Waals surface area contributed by atoms with Gasteiger partial charge in [0.2, 0.25) is 5.91 Å². The average Bonchev–Trinajstić information content (AvgIpc) is 3.28. The summed E-state index contributed by atoms with van der Waals surface area (Å²) in [5, 5.41) is 5.04. The van der Waals surface area contributed by atoms with Gasteiger partial charge in [-0.2, -0.15) is 0 Å². The summed E-state index contributed by atoms with van der Waals surface area (Å²) in [4.78, 5) is 14.9. The number of anilines is 1. The lowest BCUT2D eigenvalue weighted by atomic mass is 10.0. The SMILES string of the molecule is O=C1CS[C@@H](c2c(OCc3cccc4ccccc34)ccc3ccccc23)N1c1ccc(Cl)cc1. The van der Waals surface area contributed by atoms with Gasteiger partial charge >= 0.3 is 0 Å². The first kappa shape index (κ1) is 22.0. The molecule has 1 saturated heterocycles. The number of nitrogens with zero attached hydrogens (tertiary/aromatic N) is 1. The number of benzene rings is 5. The van der Waals surface area contributed by atoms with E-state index >= 15 is 0 Å². The van der Waals surface area contributed by atoms with Crippen LogP contribution in [0.1, 0.15) is 16.5 Å². The van der Waals surface area contributed by atoms with Gasteiger partial charge in [-0.25, -0.2) is 0 Å². The predicted molar refractivity (Wildman–Crippen MR) is 146 cm³/mol. The molecule has 5 heteroatoms. The minimum absolute atomic E-state index is 0.0789.